The minimum absolute atomic E-state index is 0.00857. The number of amides is 6. The molecule has 0 heterocycles. The van der Waals surface area contributed by atoms with E-state index in [2.05, 4.69) is 41.9 Å². The highest BCUT2D eigenvalue weighted by molar-refractivity contribution is 5.97. The number of rotatable bonds is 31. The third kappa shape index (κ3) is 23.6. The number of nitrogens with zero attached hydrogens (tertiary/aromatic N) is 2. The van der Waals surface area contributed by atoms with Gasteiger partial charge in [0.25, 0.3) is 0 Å². The number of hydrogen-bond donors (Lipinski definition) is 15. The summed E-state index contributed by atoms with van der Waals surface area (Å²) in [5.41, 5.74) is 32.7. The van der Waals surface area contributed by atoms with Crippen LogP contribution in [0.15, 0.2) is 9.98 Å². The third-order valence-corrected chi connectivity index (χ3v) is 8.63. The summed E-state index contributed by atoms with van der Waals surface area (Å²) < 4.78 is 0. The summed E-state index contributed by atoms with van der Waals surface area (Å²) in [7, 11) is 0. The molecule has 0 aliphatic rings. The van der Waals surface area contributed by atoms with Crippen LogP contribution < -0.4 is 66.3 Å². The average molecular weight is 859 g/mol. The molecule has 0 saturated heterocycles. The molecule has 0 unspecified atom stereocenters. The van der Waals surface area contributed by atoms with Gasteiger partial charge >= 0.3 is 11.9 Å². The fraction of sp³-hybridized carbons (Fsp3) is 0.714. The molecule has 0 saturated carbocycles. The highest BCUT2D eigenvalue weighted by atomic mass is 16.4. The summed E-state index contributed by atoms with van der Waals surface area (Å²) in [4.78, 5) is 110. The molecule has 0 fully saturated rings. The van der Waals surface area contributed by atoms with Gasteiger partial charge in [-0.3, -0.25) is 43.5 Å². The van der Waals surface area contributed by atoms with E-state index in [1.807, 2.05) is 0 Å². The average Bonchev–Trinajstić information content (AvgIpc) is 3.16. The molecule has 0 spiro atoms. The fourth-order valence-corrected chi connectivity index (χ4v) is 5.37. The van der Waals surface area contributed by atoms with E-state index < -0.39 is 103 Å². The van der Waals surface area contributed by atoms with Crippen molar-refractivity contribution in [1.29, 1.82) is 0 Å². The first kappa shape index (κ1) is 54.2. The largest absolute Gasteiger partial charge is 0.481 e. The van der Waals surface area contributed by atoms with Crippen molar-refractivity contribution in [2.24, 2.45) is 50.3 Å². The number of aliphatic carboxylic acids is 2. The zero-order chi connectivity index (χ0) is 45.9. The Morgan fingerprint density at radius 3 is 1.45 bits per heavy atom. The van der Waals surface area contributed by atoms with E-state index in [1.165, 1.54) is 6.92 Å². The second kappa shape index (κ2) is 29.4. The minimum atomic E-state index is -1.64. The van der Waals surface area contributed by atoms with E-state index in [0.29, 0.717) is 12.8 Å². The van der Waals surface area contributed by atoms with Crippen molar-refractivity contribution in [2.45, 2.75) is 127 Å². The van der Waals surface area contributed by atoms with Crippen LogP contribution >= 0.6 is 0 Å². The van der Waals surface area contributed by atoms with Gasteiger partial charge in [0, 0.05) is 19.5 Å². The molecule has 25 heteroatoms. The third-order valence-electron chi connectivity index (χ3n) is 8.63. The summed E-state index contributed by atoms with van der Waals surface area (Å²) >= 11 is 0. The molecule has 0 rings (SSSR count). The number of carboxylic acids is 2. The highest BCUT2D eigenvalue weighted by Crippen LogP contribution is 2.09. The number of nitrogens with one attached hydrogen (secondary N) is 6. The van der Waals surface area contributed by atoms with E-state index in [4.69, 9.17) is 39.5 Å². The maximum Gasteiger partial charge on any atom is 0.326 e. The zero-order valence-corrected chi connectivity index (χ0v) is 34.5. The van der Waals surface area contributed by atoms with E-state index in [9.17, 15) is 48.6 Å². The topological polar surface area (TPSA) is 450 Å². The van der Waals surface area contributed by atoms with Gasteiger partial charge in [-0.1, -0.05) is 13.8 Å². The van der Waals surface area contributed by atoms with E-state index in [1.54, 1.807) is 13.8 Å². The van der Waals surface area contributed by atoms with Crippen molar-refractivity contribution in [2.75, 3.05) is 26.2 Å². The molecular formula is C35H66N14O11. The molecule has 21 N–H and O–H groups in total. The molecular weight excluding hydrogens is 792 g/mol. The van der Waals surface area contributed by atoms with Gasteiger partial charge in [-0.25, -0.2) is 4.79 Å². The zero-order valence-electron chi connectivity index (χ0n) is 34.5. The summed E-state index contributed by atoms with van der Waals surface area (Å²) in [5.74, 6) is -8.23. The Kier molecular flexibility index (Phi) is 26.5. The van der Waals surface area contributed by atoms with Gasteiger partial charge in [0.1, 0.15) is 36.3 Å². The molecule has 60 heavy (non-hydrogen) atoms. The number of guanidine groups is 2. The molecule has 0 aromatic heterocycles. The number of nitrogens with two attached hydrogens (primary N) is 6. The molecule has 0 bridgehead atoms. The lowest BCUT2D eigenvalue weighted by Crippen LogP contribution is -2.60. The fourth-order valence-electron chi connectivity index (χ4n) is 5.37. The van der Waals surface area contributed by atoms with Crippen LogP contribution in [-0.2, 0) is 38.4 Å². The number of unbranched alkanes of at least 4 members (excludes halogenated alkanes) is 1. The van der Waals surface area contributed by atoms with Gasteiger partial charge in [0.05, 0.1) is 12.6 Å². The summed E-state index contributed by atoms with van der Waals surface area (Å²) in [5, 5.41) is 43.3. The Hall–Kier alpha value is -5.82. The standard InChI is InChI=1S/C35H66N14O11/c1-18(2)16-24(31(57)44-19(3)27(53)47-23(33(59)60)10-7-15-43-35(40)41)48-29(55)21(8-4-5-13-36)46-32(58)25(17-50)49-30(56)22(9-6-14-42-34(38)39)45-28(54)20(37)11-12-26(51)52/h18-25,50H,4-17,36-37H2,1-3H3,(H,44,57)(H,45,54)(H,46,58)(H,47,53)(H,48,55)(H,49,56)(H,51,52)(H,59,60)(H4,38,39,42)(H4,40,41,43)/t19-,20-,21-,22-,23-,24-,25-/m0/s1. The normalized spacial score (nSPS) is 14.4. The van der Waals surface area contributed by atoms with Crippen LogP contribution in [0.4, 0.5) is 0 Å². The monoisotopic (exact) mass is 859 g/mol. The summed E-state index contributed by atoms with van der Waals surface area (Å²) in [6.45, 7) is 4.38. The van der Waals surface area contributed by atoms with Crippen molar-refractivity contribution in [1.82, 2.24) is 31.9 Å². The molecule has 7 atom stereocenters. The van der Waals surface area contributed by atoms with Crippen LogP contribution in [0, 0.1) is 5.92 Å². The van der Waals surface area contributed by atoms with E-state index in [0.717, 1.165) is 0 Å². The minimum Gasteiger partial charge on any atom is -0.481 e. The van der Waals surface area contributed by atoms with Gasteiger partial charge in [0.2, 0.25) is 35.4 Å². The predicted octanol–water partition coefficient (Wildman–Crippen LogP) is -5.53. The Balaban J connectivity index is 6.03. The van der Waals surface area contributed by atoms with Crippen LogP contribution in [0.3, 0.4) is 0 Å². The Bertz CT molecular complexity index is 1490. The van der Waals surface area contributed by atoms with Crippen molar-refractivity contribution in [3.63, 3.8) is 0 Å². The number of carbonyl (C=O) groups excluding carboxylic acids is 6. The lowest BCUT2D eigenvalue weighted by molar-refractivity contribution is -0.142. The Morgan fingerprint density at radius 1 is 0.550 bits per heavy atom. The van der Waals surface area contributed by atoms with Crippen molar-refractivity contribution in [3.05, 3.63) is 0 Å². The van der Waals surface area contributed by atoms with Gasteiger partial charge in [-0.15, -0.1) is 0 Å². The van der Waals surface area contributed by atoms with Crippen molar-refractivity contribution < 1.29 is 53.7 Å². The molecule has 0 aromatic carbocycles. The predicted molar refractivity (Wildman–Crippen MR) is 219 cm³/mol. The maximum absolute atomic E-state index is 13.7. The molecule has 342 valence electrons. The SMILES string of the molecule is CC(C)C[C@H](NC(=O)[C@H](CCCCN)NC(=O)[C@H](CO)NC(=O)[C@H](CCCN=C(N)N)NC(=O)[C@@H](N)CCC(=O)O)C(=O)N[C@@H](C)C(=O)N[C@@H](CCCN=C(N)N)C(=O)O. The van der Waals surface area contributed by atoms with Gasteiger partial charge in [-0.2, -0.15) is 0 Å². The number of aliphatic imine (C=N–C) groups is 2. The second-order valence-electron chi connectivity index (χ2n) is 14.4. The highest BCUT2D eigenvalue weighted by Gasteiger charge is 2.33. The molecule has 6 amide bonds. The quantitative estimate of drug-likeness (QED) is 0.0176. The molecule has 0 aromatic rings. The first-order valence-electron chi connectivity index (χ1n) is 19.6. The number of aliphatic hydroxyl groups excluding tert-OH is 1. The van der Waals surface area contributed by atoms with Gasteiger partial charge in [-0.05, 0) is 77.2 Å². The number of carbonyl (C=O) groups is 8. The lowest BCUT2D eigenvalue weighted by Gasteiger charge is -2.27. The lowest BCUT2D eigenvalue weighted by atomic mass is 10.0. The van der Waals surface area contributed by atoms with Gasteiger partial charge in [0.15, 0.2) is 11.9 Å². The van der Waals surface area contributed by atoms with Crippen LogP contribution in [0.5, 0.6) is 0 Å². The first-order valence-corrected chi connectivity index (χ1v) is 19.6. The van der Waals surface area contributed by atoms with E-state index in [-0.39, 0.29) is 82.4 Å². The van der Waals surface area contributed by atoms with Crippen molar-refractivity contribution >= 4 is 59.3 Å². The first-order chi connectivity index (χ1) is 28.1. The molecule has 0 aliphatic heterocycles. The molecule has 0 aliphatic carbocycles. The Labute approximate surface area is 348 Å². The van der Waals surface area contributed by atoms with Crippen LogP contribution in [0.25, 0.3) is 0 Å². The summed E-state index contributed by atoms with van der Waals surface area (Å²) in [6.07, 6.45) is 0.576. The number of carboxylic acid groups (broad SMARTS) is 2. The van der Waals surface area contributed by atoms with Crippen LogP contribution in [0.2, 0.25) is 0 Å². The van der Waals surface area contributed by atoms with Crippen LogP contribution in [0.1, 0.15) is 85.0 Å². The second-order valence-corrected chi connectivity index (χ2v) is 14.4. The van der Waals surface area contributed by atoms with Crippen molar-refractivity contribution in [3.8, 4) is 0 Å². The maximum atomic E-state index is 13.7. The Morgan fingerprint density at radius 2 is 0.983 bits per heavy atom. The van der Waals surface area contributed by atoms with Crippen LogP contribution in [-0.4, -0.2) is 143 Å². The smallest absolute Gasteiger partial charge is 0.326 e. The molecule has 0 radical (unpaired) electrons. The number of aliphatic hydroxyl groups is 1. The van der Waals surface area contributed by atoms with E-state index >= 15 is 0 Å². The van der Waals surface area contributed by atoms with Gasteiger partial charge < -0.3 is 81.6 Å². The molecule has 25 nitrogen and oxygen atoms in total. The summed E-state index contributed by atoms with van der Waals surface area (Å²) in [6, 6.07) is -9.35. The number of hydrogen-bond acceptors (Lipinski definition) is 13.